The number of benzene rings is 1. The Balaban J connectivity index is 2.05. The van der Waals surface area contributed by atoms with Crippen LogP contribution < -0.4 is 4.74 Å². The fourth-order valence-electron chi connectivity index (χ4n) is 2.09. The van der Waals surface area contributed by atoms with Crippen LogP contribution in [-0.4, -0.2) is 15.9 Å². The molecule has 1 aliphatic carbocycles. The molecule has 0 N–H and O–H groups in total. The van der Waals surface area contributed by atoms with E-state index in [0.717, 1.165) is 11.3 Å². The third kappa shape index (κ3) is 1.47. The van der Waals surface area contributed by atoms with Crippen molar-refractivity contribution in [1.82, 2.24) is 9.78 Å². The van der Waals surface area contributed by atoms with Gasteiger partial charge in [0.15, 0.2) is 0 Å². The molecule has 2 aromatic rings. The summed E-state index contributed by atoms with van der Waals surface area (Å²) in [6, 6.07) is 4.15. The molecule has 1 saturated carbocycles. The highest BCUT2D eigenvalue weighted by Gasteiger charge is 2.20. The Morgan fingerprint density at radius 2 is 2.19 bits per heavy atom. The molecule has 16 heavy (non-hydrogen) atoms. The number of aryl methyl sites for hydroxylation is 2. The Bertz CT molecular complexity index is 526. The molecule has 1 aromatic carbocycles. The van der Waals surface area contributed by atoms with Crippen molar-refractivity contribution in [3.05, 3.63) is 23.9 Å². The van der Waals surface area contributed by atoms with E-state index in [4.69, 9.17) is 4.74 Å². The number of rotatable bonds is 2. The third-order valence-corrected chi connectivity index (χ3v) is 3.32. The second-order valence-corrected chi connectivity index (χ2v) is 4.62. The van der Waals surface area contributed by atoms with E-state index in [2.05, 4.69) is 24.3 Å². The molecule has 3 heteroatoms. The first-order valence-corrected chi connectivity index (χ1v) is 5.83. The summed E-state index contributed by atoms with van der Waals surface area (Å²) in [6.07, 6.45) is 6.12. The van der Waals surface area contributed by atoms with Crippen LogP contribution >= 0.6 is 0 Å². The van der Waals surface area contributed by atoms with Crippen LogP contribution in [0.15, 0.2) is 18.3 Å². The largest absolute Gasteiger partial charge is 0.488 e. The number of nitrogens with zero attached hydrogens (tertiary/aromatic N) is 2. The minimum absolute atomic E-state index is 0.410. The predicted octanol–water partition coefficient (Wildman–Crippen LogP) is 2.81. The Kier molecular flexibility index (Phi) is 2.13. The van der Waals surface area contributed by atoms with Crippen LogP contribution in [0.5, 0.6) is 5.75 Å². The van der Waals surface area contributed by atoms with Gasteiger partial charge in [-0.3, -0.25) is 4.68 Å². The van der Waals surface area contributed by atoms with Crippen LogP contribution in [0.2, 0.25) is 0 Å². The lowest BCUT2D eigenvalue weighted by molar-refractivity contribution is 0.122. The molecule has 0 spiro atoms. The number of hydrogen-bond acceptors (Lipinski definition) is 2. The highest BCUT2D eigenvalue weighted by atomic mass is 16.5. The van der Waals surface area contributed by atoms with Gasteiger partial charge in [0.25, 0.3) is 0 Å². The minimum Gasteiger partial charge on any atom is -0.488 e. The zero-order valence-corrected chi connectivity index (χ0v) is 9.73. The van der Waals surface area contributed by atoms with E-state index in [9.17, 15) is 0 Å². The quantitative estimate of drug-likeness (QED) is 0.771. The van der Waals surface area contributed by atoms with Crippen molar-refractivity contribution in [3.63, 3.8) is 0 Å². The second kappa shape index (κ2) is 3.51. The third-order valence-electron chi connectivity index (χ3n) is 3.32. The van der Waals surface area contributed by atoms with Crippen molar-refractivity contribution < 1.29 is 4.74 Å². The van der Waals surface area contributed by atoms with Gasteiger partial charge in [-0.15, -0.1) is 0 Å². The molecule has 1 heterocycles. The van der Waals surface area contributed by atoms with Gasteiger partial charge in [0, 0.05) is 18.6 Å². The summed E-state index contributed by atoms with van der Waals surface area (Å²) >= 11 is 0. The summed E-state index contributed by atoms with van der Waals surface area (Å²) in [5.41, 5.74) is 2.25. The summed E-state index contributed by atoms with van der Waals surface area (Å²) in [4.78, 5) is 0. The highest BCUT2D eigenvalue weighted by molar-refractivity contribution is 5.87. The molecule has 0 aliphatic heterocycles. The van der Waals surface area contributed by atoms with Crippen LogP contribution in [0.4, 0.5) is 0 Å². The summed E-state index contributed by atoms with van der Waals surface area (Å²) in [5, 5.41) is 5.67. The molecule has 0 bridgehead atoms. The fraction of sp³-hybridized carbons (Fsp3) is 0.462. The molecule has 3 rings (SSSR count). The number of aromatic nitrogens is 2. The van der Waals surface area contributed by atoms with E-state index >= 15 is 0 Å². The second-order valence-electron chi connectivity index (χ2n) is 4.62. The Morgan fingerprint density at radius 1 is 1.38 bits per heavy atom. The van der Waals surface area contributed by atoms with Gasteiger partial charge >= 0.3 is 0 Å². The van der Waals surface area contributed by atoms with Gasteiger partial charge < -0.3 is 4.74 Å². The van der Waals surface area contributed by atoms with Crippen molar-refractivity contribution in [2.45, 2.75) is 32.3 Å². The summed E-state index contributed by atoms with van der Waals surface area (Å²) in [6.45, 7) is 2.11. The Hall–Kier alpha value is -1.51. The normalized spacial score (nSPS) is 16.4. The first kappa shape index (κ1) is 9.70. The molecule has 0 amide bonds. The first-order valence-electron chi connectivity index (χ1n) is 5.83. The zero-order valence-electron chi connectivity index (χ0n) is 9.73. The maximum atomic E-state index is 5.96. The number of ether oxygens (including phenoxy) is 1. The van der Waals surface area contributed by atoms with E-state index in [1.165, 1.54) is 30.2 Å². The topological polar surface area (TPSA) is 27.1 Å². The van der Waals surface area contributed by atoms with E-state index in [0.29, 0.717) is 6.10 Å². The lowest BCUT2D eigenvalue weighted by Crippen LogP contribution is -2.24. The van der Waals surface area contributed by atoms with Crippen molar-refractivity contribution in [2.75, 3.05) is 0 Å². The first-order chi connectivity index (χ1) is 7.74. The van der Waals surface area contributed by atoms with Crippen molar-refractivity contribution >= 4 is 10.9 Å². The van der Waals surface area contributed by atoms with Crippen molar-refractivity contribution in [2.24, 2.45) is 7.05 Å². The van der Waals surface area contributed by atoms with Gasteiger partial charge in [0.2, 0.25) is 0 Å². The highest BCUT2D eigenvalue weighted by Crippen LogP contribution is 2.31. The van der Waals surface area contributed by atoms with Crippen LogP contribution in [0.25, 0.3) is 10.9 Å². The molecule has 1 aliphatic rings. The zero-order chi connectivity index (χ0) is 11.1. The molecule has 84 valence electrons. The van der Waals surface area contributed by atoms with E-state index < -0.39 is 0 Å². The fourth-order valence-corrected chi connectivity index (χ4v) is 2.09. The molecule has 0 unspecified atom stereocenters. The van der Waals surface area contributed by atoms with Crippen LogP contribution in [0, 0.1) is 6.92 Å². The van der Waals surface area contributed by atoms with Gasteiger partial charge in [0.1, 0.15) is 11.3 Å². The molecule has 1 aromatic heterocycles. The van der Waals surface area contributed by atoms with Gasteiger partial charge in [-0.05, 0) is 37.8 Å². The average molecular weight is 216 g/mol. The molecule has 0 saturated heterocycles. The number of fused-ring (bicyclic) bond motifs is 1. The lowest BCUT2D eigenvalue weighted by Gasteiger charge is -2.26. The monoisotopic (exact) mass is 216 g/mol. The van der Waals surface area contributed by atoms with Gasteiger partial charge in [-0.2, -0.15) is 5.10 Å². The maximum Gasteiger partial charge on any atom is 0.147 e. The molecule has 3 nitrogen and oxygen atoms in total. The molecular weight excluding hydrogens is 200 g/mol. The maximum absolute atomic E-state index is 5.96. The van der Waals surface area contributed by atoms with Gasteiger partial charge in [-0.25, -0.2) is 0 Å². The van der Waals surface area contributed by atoms with Crippen molar-refractivity contribution in [1.29, 1.82) is 0 Å². The van der Waals surface area contributed by atoms with Crippen molar-refractivity contribution in [3.8, 4) is 5.75 Å². The van der Waals surface area contributed by atoms with Crippen LogP contribution in [-0.2, 0) is 7.05 Å². The molecule has 1 fully saturated rings. The predicted molar refractivity (Wildman–Crippen MR) is 63.7 cm³/mol. The smallest absolute Gasteiger partial charge is 0.147 e. The summed E-state index contributed by atoms with van der Waals surface area (Å²) < 4.78 is 7.81. The molecule has 0 radical (unpaired) electrons. The summed E-state index contributed by atoms with van der Waals surface area (Å²) in [5.74, 6) is 0.936. The minimum atomic E-state index is 0.410. The van der Waals surface area contributed by atoms with Gasteiger partial charge in [-0.1, -0.05) is 6.07 Å². The Morgan fingerprint density at radius 3 is 2.88 bits per heavy atom. The van der Waals surface area contributed by atoms with Gasteiger partial charge in [0.05, 0.1) is 6.10 Å². The number of hydrogen-bond donors (Lipinski definition) is 0. The standard InChI is InChI=1S/C13H16N2O/c1-9-6-7-12(16-10-4-3-5-10)13-11(9)8-15(2)14-13/h6-8,10H,3-5H2,1-2H3. The molecular formula is C13H16N2O. The van der Waals surface area contributed by atoms with E-state index in [-0.39, 0.29) is 0 Å². The average Bonchev–Trinajstić information content (AvgIpc) is 2.57. The van der Waals surface area contributed by atoms with Crippen LogP contribution in [0.3, 0.4) is 0 Å². The summed E-state index contributed by atoms with van der Waals surface area (Å²) in [7, 11) is 1.95. The lowest BCUT2D eigenvalue weighted by atomic mass is 9.96. The van der Waals surface area contributed by atoms with E-state index in [1.807, 2.05) is 17.8 Å². The van der Waals surface area contributed by atoms with Crippen LogP contribution in [0.1, 0.15) is 24.8 Å². The Labute approximate surface area is 95.0 Å². The SMILES string of the molecule is Cc1ccc(OC2CCC2)c2nn(C)cc12. The van der Waals surface area contributed by atoms with E-state index in [1.54, 1.807) is 0 Å². The molecule has 0 atom stereocenters.